The van der Waals surface area contributed by atoms with Crippen molar-refractivity contribution in [2.45, 2.75) is 46.0 Å². The number of carbonyl (C=O) groups excluding carboxylic acids is 2. The third-order valence-corrected chi connectivity index (χ3v) is 5.31. The number of hydrogen-bond acceptors (Lipinski definition) is 3. The van der Waals surface area contributed by atoms with E-state index in [0.29, 0.717) is 12.1 Å². The summed E-state index contributed by atoms with van der Waals surface area (Å²) in [6, 6.07) is 8.37. The molecule has 0 fully saturated rings. The molecule has 0 atom stereocenters. The number of rotatable bonds is 6. The van der Waals surface area contributed by atoms with Crippen LogP contribution in [0.2, 0.25) is 0 Å². The zero-order valence-electron chi connectivity index (χ0n) is 17.2. The molecule has 0 aliphatic carbocycles. The van der Waals surface area contributed by atoms with Crippen molar-refractivity contribution in [3.05, 3.63) is 76.4 Å². The van der Waals surface area contributed by atoms with E-state index in [4.69, 9.17) is 0 Å². The van der Waals surface area contributed by atoms with E-state index >= 15 is 0 Å². The lowest BCUT2D eigenvalue weighted by Crippen LogP contribution is -2.32. The maximum absolute atomic E-state index is 13.4. The second kappa shape index (κ2) is 7.66. The predicted molar refractivity (Wildman–Crippen MR) is 113 cm³/mol. The summed E-state index contributed by atoms with van der Waals surface area (Å²) in [5.74, 6) is -2.04. The number of carboxylic acids is 1. The number of carbonyl (C=O) groups is 3. The minimum Gasteiger partial charge on any atom is -0.478 e. The van der Waals surface area contributed by atoms with Gasteiger partial charge in [-0.2, -0.15) is 0 Å². The summed E-state index contributed by atoms with van der Waals surface area (Å²) in [4.78, 5) is 39.5. The summed E-state index contributed by atoms with van der Waals surface area (Å²) in [6.45, 7) is 12.0. The maximum Gasteiger partial charge on any atom is 0.336 e. The minimum atomic E-state index is -1.23. The minimum absolute atomic E-state index is 0.0424. The van der Waals surface area contributed by atoms with Crippen LogP contribution in [-0.4, -0.2) is 22.9 Å². The van der Waals surface area contributed by atoms with Gasteiger partial charge >= 0.3 is 5.97 Å². The fraction of sp³-hybridized carbons (Fsp3) is 0.292. The molecule has 0 bridgehead atoms. The largest absolute Gasteiger partial charge is 0.478 e. The van der Waals surface area contributed by atoms with Gasteiger partial charge in [0.25, 0.3) is 11.8 Å². The van der Waals surface area contributed by atoms with Crippen molar-refractivity contribution < 1.29 is 19.5 Å². The molecule has 150 valence electrons. The lowest BCUT2D eigenvalue weighted by atomic mass is 9.87. The Hall–Kier alpha value is -3.21. The van der Waals surface area contributed by atoms with E-state index in [1.165, 1.54) is 18.2 Å². The highest BCUT2D eigenvalue weighted by Gasteiger charge is 2.41. The van der Waals surface area contributed by atoms with E-state index in [1.807, 2.05) is 26.0 Å². The molecule has 0 unspecified atom stereocenters. The second-order valence-corrected chi connectivity index (χ2v) is 7.85. The van der Waals surface area contributed by atoms with Gasteiger partial charge in [0, 0.05) is 0 Å². The van der Waals surface area contributed by atoms with Gasteiger partial charge in [-0.1, -0.05) is 52.0 Å². The highest BCUT2D eigenvalue weighted by atomic mass is 16.4. The number of hydrogen-bond donors (Lipinski definition) is 1. The van der Waals surface area contributed by atoms with E-state index in [0.717, 1.165) is 21.6 Å². The summed E-state index contributed by atoms with van der Waals surface area (Å²) >= 11 is 0. The average molecular weight is 391 g/mol. The van der Waals surface area contributed by atoms with Crippen molar-refractivity contribution in [3.8, 4) is 0 Å². The van der Waals surface area contributed by atoms with Crippen LogP contribution in [-0.2, 0) is 6.42 Å². The average Bonchev–Trinajstić information content (AvgIpc) is 2.92. The molecule has 1 aliphatic rings. The Morgan fingerprint density at radius 2 is 1.66 bits per heavy atom. The first kappa shape index (κ1) is 20.5. The van der Waals surface area contributed by atoms with Crippen molar-refractivity contribution in [1.29, 1.82) is 0 Å². The summed E-state index contributed by atoms with van der Waals surface area (Å²) < 4.78 is 0. The molecule has 5 heteroatoms. The maximum atomic E-state index is 13.4. The molecular weight excluding hydrogens is 366 g/mol. The monoisotopic (exact) mass is 391 g/mol. The number of amides is 2. The first-order valence-electron chi connectivity index (χ1n) is 9.72. The number of benzene rings is 2. The molecule has 1 aliphatic heterocycles. The van der Waals surface area contributed by atoms with Crippen molar-refractivity contribution in [2.24, 2.45) is 0 Å². The van der Waals surface area contributed by atoms with Crippen LogP contribution >= 0.6 is 0 Å². The first-order chi connectivity index (χ1) is 13.7. The summed E-state index contributed by atoms with van der Waals surface area (Å²) in [7, 11) is 0. The Morgan fingerprint density at radius 3 is 2.21 bits per heavy atom. The van der Waals surface area contributed by atoms with Crippen LogP contribution in [0.5, 0.6) is 0 Å². The molecule has 0 aromatic heterocycles. The van der Waals surface area contributed by atoms with Crippen LogP contribution in [0.15, 0.2) is 43.0 Å². The van der Waals surface area contributed by atoms with E-state index in [1.54, 1.807) is 6.08 Å². The quantitative estimate of drug-likeness (QED) is 0.545. The number of allylic oxidation sites excluding steroid dienone is 1. The molecule has 0 spiro atoms. The first-order valence-corrected chi connectivity index (χ1v) is 9.72. The zero-order chi connectivity index (χ0) is 21.5. The van der Waals surface area contributed by atoms with Crippen LogP contribution in [0, 0.1) is 0 Å². The molecule has 1 heterocycles. The number of fused-ring (bicyclic) bond motifs is 1. The Bertz CT molecular complexity index is 1030. The van der Waals surface area contributed by atoms with Gasteiger partial charge in [0.05, 0.1) is 22.4 Å². The van der Waals surface area contributed by atoms with Gasteiger partial charge < -0.3 is 5.11 Å². The van der Waals surface area contributed by atoms with Gasteiger partial charge in [-0.05, 0) is 47.1 Å². The molecule has 29 heavy (non-hydrogen) atoms. The van der Waals surface area contributed by atoms with Gasteiger partial charge in [-0.15, -0.1) is 6.58 Å². The number of imide groups is 1. The Labute approximate surface area is 170 Å². The number of aromatic carboxylic acids is 1. The van der Waals surface area contributed by atoms with Crippen LogP contribution in [0.1, 0.15) is 87.3 Å². The number of carboxylic acid groups (broad SMARTS) is 1. The van der Waals surface area contributed by atoms with Crippen molar-refractivity contribution in [3.63, 3.8) is 0 Å². The highest BCUT2D eigenvalue weighted by molar-refractivity contribution is 6.36. The molecule has 0 radical (unpaired) electrons. The molecule has 0 saturated heterocycles. The van der Waals surface area contributed by atoms with E-state index in [2.05, 4.69) is 20.4 Å². The molecule has 3 rings (SSSR count). The van der Waals surface area contributed by atoms with Gasteiger partial charge in [-0.25, -0.2) is 9.69 Å². The summed E-state index contributed by atoms with van der Waals surface area (Å²) in [5, 5.41) is 9.51. The summed E-state index contributed by atoms with van der Waals surface area (Å²) in [5.41, 5.74) is 3.29. The zero-order valence-corrected chi connectivity index (χ0v) is 17.2. The Balaban J connectivity index is 2.33. The van der Waals surface area contributed by atoms with Gasteiger partial charge in [0.1, 0.15) is 0 Å². The molecule has 5 nitrogen and oxygen atoms in total. The lowest BCUT2D eigenvalue weighted by molar-refractivity contribution is 0.0692. The van der Waals surface area contributed by atoms with Crippen LogP contribution in [0.3, 0.4) is 0 Å². The molecule has 2 amide bonds. The Morgan fingerprint density at radius 1 is 1.03 bits per heavy atom. The van der Waals surface area contributed by atoms with E-state index in [9.17, 15) is 19.5 Å². The molecule has 2 aromatic rings. The molecule has 0 saturated carbocycles. The van der Waals surface area contributed by atoms with Gasteiger partial charge in [-0.3, -0.25) is 9.59 Å². The fourth-order valence-corrected chi connectivity index (χ4v) is 3.97. The predicted octanol–water partition coefficient (Wildman–Crippen LogP) is 5.16. The van der Waals surface area contributed by atoms with Crippen LogP contribution in [0.25, 0.3) is 0 Å². The van der Waals surface area contributed by atoms with Gasteiger partial charge in [0.15, 0.2) is 0 Å². The molecule has 2 aromatic carbocycles. The third-order valence-electron chi connectivity index (χ3n) is 5.31. The normalized spacial score (nSPS) is 13.4. The SMILES string of the molecule is C=CCc1c(C(C)C)ccc(C(C)C)c1N1C(=O)c2cccc(C(=O)O)c2C1=O. The molecular formula is C24H25NO4. The lowest BCUT2D eigenvalue weighted by Gasteiger charge is -2.27. The van der Waals surface area contributed by atoms with E-state index < -0.39 is 17.8 Å². The van der Waals surface area contributed by atoms with E-state index in [-0.39, 0.29) is 28.5 Å². The van der Waals surface area contributed by atoms with Crippen LogP contribution in [0.4, 0.5) is 5.69 Å². The topological polar surface area (TPSA) is 74.7 Å². The number of nitrogens with zero attached hydrogens (tertiary/aromatic N) is 1. The van der Waals surface area contributed by atoms with Crippen LogP contribution < -0.4 is 4.90 Å². The van der Waals surface area contributed by atoms with Crippen molar-refractivity contribution in [1.82, 2.24) is 0 Å². The summed E-state index contributed by atoms with van der Waals surface area (Å²) in [6.07, 6.45) is 2.26. The van der Waals surface area contributed by atoms with Crippen molar-refractivity contribution in [2.75, 3.05) is 4.90 Å². The third kappa shape index (κ3) is 3.27. The van der Waals surface area contributed by atoms with Crippen molar-refractivity contribution >= 4 is 23.5 Å². The fourth-order valence-electron chi connectivity index (χ4n) is 3.97. The molecule has 1 N–H and O–H groups in total. The second-order valence-electron chi connectivity index (χ2n) is 7.85. The Kier molecular flexibility index (Phi) is 5.42. The number of anilines is 1. The highest BCUT2D eigenvalue weighted by Crippen LogP contribution is 2.40. The smallest absolute Gasteiger partial charge is 0.336 e. The van der Waals surface area contributed by atoms with Gasteiger partial charge in [0.2, 0.25) is 0 Å². The standard InChI is InChI=1S/C24H25NO4/c1-6-8-17-15(13(2)3)11-12-16(14(4)5)21(17)25-22(26)18-9-7-10-19(24(28)29)20(18)23(25)27/h6-7,9-14H,1,8H2,2-5H3,(H,28,29).